The minimum absolute atomic E-state index is 0.00295. The molecule has 6 heteroatoms. The third-order valence-electron chi connectivity index (χ3n) is 5.83. The number of hydrogen-bond donors (Lipinski definition) is 1. The van der Waals surface area contributed by atoms with Crippen LogP contribution in [-0.4, -0.2) is 19.4 Å². The minimum atomic E-state index is -1.28. The molecule has 0 aliphatic heterocycles. The molecule has 1 N–H and O–H groups in total. The highest BCUT2D eigenvalue weighted by Gasteiger charge is 2.37. The molecule has 2 aromatic heterocycles. The zero-order chi connectivity index (χ0) is 23.6. The Kier molecular flexibility index (Phi) is 6.88. The number of aromatic nitrogens is 2. The molecule has 2 heterocycles. The predicted molar refractivity (Wildman–Crippen MR) is 135 cm³/mol. The second kappa shape index (κ2) is 9.67. The van der Waals surface area contributed by atoms with E-state index in [1.54, 1.807) is 0 Å². The summed E-state index contributed by atoms with van der Waals surface area (Å²) >= 11 is -1.28. The monoisotopic (exact) mass is 461 g/mol. The predicted octanol–water partition coefficient (Wildman–Crippen LogP) is 6.42. The highest BCUT2D eigenvalue weighted by molar-refractivity contribution is 7.90. The summed E-state index contributed by atoms with van der Waals surface area (Å²) in [4.78, 5) is 4.69. The Bertz CT molecular complexity index is 1200. The lowest BCUT2D eigenvalue weighted by atomic mass is 9.80. The zero-order valence-corrected chi connectivity index (χ0v) is 20.6. The van der Waals surface area contributed by atoms with Crippen molar-refractivity contribution in [3.8, 4) is 11.3 Å². The van der Waals surface area contributed by atoms with Crippen LogP contribution < -0.4 is 4.72 Å². The number of benzene rings is 2. The molecular weight excluding hydrogens is 430 g/mol. The third kappa shape index (κ3) is 4.98. The van der Waals surface area contributed by atoms with E-state index in [1.165, 1.54) is 0 Å². The number of nitrogens with zero attached hydrogens (tertiary/aromatic N) is 2. The maximum atomic E-state index is 13.4. The van der Waals surface area contributed by atoms with Crippen molar-refractivity contribution in [3.63, 3.8) is 0 Å². The van der Waals surface area contributed by atoms with Crippen molar-refractivity contribution >= 4 is 22.3 Å². The van der Waals surface area contributed by atoms with E-state index in [-0.39, 0.29) is 17.9 Å². The number of para-hydroxylation sites is 1. The Morgan fingerprint density at radius 3 is 2.33 bits per heavy atom. The average molecular weight is 462 g/mol. The van der Waals surface area contributed by atoms with E-state index in [1.807, 2.05) is 81.6 Å². The molecule has 4 aromatic rings. The Hall–Kier alpha value is -2.67. The zero-order valence-electron chi connectivity index (χ0n) is 19.8. The summed E-state index contributed by atoms with van der Waals surface area (Å²) in [5.41, 5.74) is 4.50. The van der Waals surface area contributed by atoms with Crippen LogP contribution in [0.25, 0.3) is 22.2 Å². The van der Waals surface area contributed by atoms with Crippen molar-refractivity contribution < 1.29 is 9.08 Å². The van der Waals surface area contributed by atoms with E-state index in [4.69, 9.17) is 4.52 Å². The van der Waals surface area contributed by atoms with Crippen LogP contribution in [0, 0.1) is 5.92 Å². The first-order valence-corrected chi connectivity index (χ1v) is 12.4. The van der Waals surface area contributed by atoms with E-state index in [9.17, 15) is 4.55 Å². The molecule has 0 bridgehead atoms. The van der Waals surface area contributed by atoms with Gasteiger partial charge in [-0.1, -0.05) is 61.5 Å². The van der Waals surface area contributed by atoms with E-state index in [0.29, 0.717) is 0 Å². The second-order valence-electron chi connectivity index (χ2n) is 9.62. The van der Waals surface area contributed by atoms with Crippen LogP contribution in [0.15, 0.2) is 77.4 Å². The van der Waals surface area contributed by atoms with Crippen LogP contribution >= 0.6 is 0 Å². The molecule has 0 saturated heterocycles. The van der Waals surface area contributed by atoms with Gasteiger partial charge in [-0.3, -0.25) is 4.98 Å². The third-order valence-corrected chi connectivity index (χ3v) is 7.41. The largest absolute Gasteiger partial charge is 0.598 e. The summed E-state index contributed by atoms with van der Waals surface area (Å²) in [6, 6.07) is 21.8. The molecule has 1 unspecified atom stereocenters. The van der Waals surface area contributed by atoms with Gasteiger partial charge in [0.15, 0.2) is 5.58 Å². The first-order chi connectivity index (χ1) is 15.8. The van der Waals surface area contributed by atoms with Crippen LogP contribution in [0.2, 0.25) is 0 Å². The smallest absolute Gasteiger partial charge is 0.167 e. The Morgan fingerprint density at radius 2 is 1.64 bits per heavy atom. The summed E-state index contributed by atoms with van der Waals surface area (Å²) < 4.78 is 22.0. The number of fused-ring (bicyclic) bond motifs is 1. The van der Waals surface area contributed by atoms with Crippen LogP contribution in [0.4, 0.5) is 0 Å². The number of hydrogen-bond acceptors (Lipinski definition) is 5. The van der Waals surface area contributed by atoms with Gasteiger partial charge in [0.1, 0.15) is 10.4 Å². The van der Waals surface area contributed by atoms with E-state index >= 15 is 0 Å². The standard InChI is InChI=1S/C27H31N3O2S/c1-18(2)24(22-15-10-11-17-28-22)26(30-33(31)27(3,4)5)20-13-7-6-12-19(20)25-21-14-8-9-16-23(21)32-29-25/h6-18,24,26,30H,1-5H3/t24?,26-,33+/m1/s1. The highest BCUT2D eigenvalue weighted by atomic mass is 32.2. The lowest BCUT2D eigenvalue weighted by molar-refractivity contribution is 0.389. The van der Waals surface area contributed by atoms with Crippen LogP contribution in [-0.2, 0) is 11.4 Å². The molecule has 4 rings (SSSR count). The van der Waals surface area contributed by atoms with Crippen molar-refractivity contribution in [1.29, 1.82) is 0 Å². The lowest BCUT2D eigenvalue weighted by Crippen LogP contribution is -2.43. The quantitative estimate of drug-likeness (QED) is 0.321. The lowest BCUT2D eigenvalue weighted by Gasteiger charge is -2.34. The van der Waals surface area contributed by atoms with Crippen molar-refractivity contribution in [2.24, 2.45) is 5.92 Å². The fourth-order valence-corrected chi connectivity index (χ4v) is 5.01. The molecule has 2 aromatic carbocycles. The molecule has 0 radical (unpaired) electrons. The minimum Gasteiger partial charge on any atom is -0.598 e. The molecule has 0 aliphatic carbocycles. The van der Waals surface area contributed by atoms with Gasteiger partial charge in [0.2, 0.25) is 0 Å². The number of nitrogens with one attached hydrogen (secondary N) is 1. The van der Waals surface area contributed by atoms with Crippen LogP contribution in [0.5, 0.6) is 0 Å². The maximum Gasteiger partial charge on any atom is 0.167 e. The van der Waals surface area contributed by atoms with Gasteiger partial charge < -0.3 is 9.08 Å². The Balaban J connectivity index is 1.90. The summed E-state index contributed by atoms with van der Waals surface area (Å²) in [6.07, 6.45) is 1.82. The summed E-state index contributed by atoms with van der Waals surface area (Å²) in [5.74, 6) is 0.244. The van der Waals surface area contributed by atoms with Crippen molar-refractivity contribution in [2.45, 2.75) is 51.3 Å². The molecule has 5 nitrogen and oxygen atoms in total. The van der Waals surface area contributed by atoms with Gasteiger partial charge in [0.25, 0.3) is 0 Å². The highest BCUT2D eigenvalue weighted by Crippen LogP contribution is 2.42. The molecule has 0 aliphatic rings. The molecule has 0 spiro atoms. The van der Waals surface area contributed by atoms with Gasteiger partial charge in [0.05, 0.1) is 6.04 Å². The Morgan fingerprint density at radius 1 is 0.939 bits per heavy atom. The molecule has 33 heavy (non-hydrogen) atoms. The van der Waals surface area contributed by atoms with Gasteiger partial charge in [-0.2, -0.15) is 0 Å². The van der Waals surface area contributed by atoms with Gasteiger partial charge >= 0.3 is 0 Å². The van der Waals surface area contributed by atoms with Crippen molar-refractivity contribution in [3.05, 3.63) is 84.2 Å². The fraction of sp³-hybridized carbons (Fsp3) is 0.333. The molecule has 0 saturated carbocycles. The van der Waals surface area contributed by atoms with Gasteiger partial charge in [-0.25, -0.2) is 0 Å². The topological polar surface area (TPSA) is 74.0 Å². The van der Waals surface area contributed by atoms with Crippen LogP contribution in [0.1, 0.15) is 57.8 Å². The van der Waals surface area contributed by atoms with Gasteiger partial charge in [0, 0.05) is 40.1 Å². The summed E-state index contributed by atoms with van der Waals surface area (Å²) in [5, 5.41) is 5.38. The maximum absolute atomic E-state index is 13.4. The Labute approximate surface area is 198 Å². The molecular formula is C27H31N3O2S. The second-order valence-corrected chi connectivity index (χ2v) is 11.6. The van der Waals surface area contributed by atoms with E-state index in [2.05, 4.69) is 40.8 Å². The molecule has 3 atom stereocenters. The summed E-state index contributed by atoms with van der Waals surface area (Å²) in [6.45, 7) is 10.3. The molecule has 172 valence electrons. The van der Waals surface area contributed by atoms with Crippen molar-refractivity contribution in [2.75, 3.05) is 0 Å². The van der Waals surface area contributed by atoms with Gasteiger partial charge in [-0.05, 0) is 56.5 Å². The SMILES string of the molecule is CC(C)C(c1ccccn1)[C@H](N[S@@+]([O-])C(C)(C)C)c1ccccc1-c1noc2ccccc12. The van der Waals surface area contributed by atoms with E-state index in [0.717, 1.165) is 33.5 Å². The average Bonchev–Trinajstić information content (AvgIpc) is 3.22. The first kappa shape index (κ1) is 23.5. The van der Waals surface area contributed by atoms with Crippen LogP contribution in [0.3, 0.4) is 0 Å². The first-order valence-electron chi connectivity index (χ1n) is 11.3. The summed E-state index contributed by atoms with van der Waals surface area (Å²) in [7, 11) is 0. The van der Waals surface area contributed by atoms with E-state index < -0.39 is 16.1 Å². The normalized spacial score (nSPS) is 15.0. The fourth-order valence-electron chi connectivity index (χ4n) is 4.16. The molecule has 0 amide bonds. The molecule has 0 fully saturated rings. The number of pyridine rings is 1. The number of rotatable bonds is 7. The van der Waals surface area contributed by atoms with Gasteiger partial charge in [-0.15, -0.1) is 4.72 Å². The van der Waals surface area contributed by atoms with Crippen molar-refractivity contribution in [1.82, 2.24) is 14.9 Å².